The van der Waals surface area contributed by atoms with E-state index in [4.69, 9.17) is 0 Å². The molecular formula is C14H16N4O2. The Balaban J connectivity index is 1.86. The summed E-state index contributed by atoms with van der Waals surface area (Å²) in [6.45, 7) is 1.85. The summed E-state index contributed by atoms with van der Waals surface area (Å²) < 4.78 is 1.86. The Morgan fingerprint density at radius 1 is 1.45 bits per heavy atom. The lowest BCUT2D eigenvalue weighted by atomic mass is 9.90. The molecule has 1 unspecified atom stereocenters. The summed E-state index contributed by atoms with van der Waals surface area (Å²) in [5.74, 6) is -0.415. The summed E-state index contributed by atoms with van der Waals surface area (Å²) >= 11 is 0. The van der Waals surface area contributed by atoms with E-state index in [2.05, 4.69) is 15.1 Å². The highest BCUT2D eigenvalue weighted by Crippen LogP contribution is 2.29. The third kappa shape index (κ3) is 2.30. The van der Waals surface area contributed by atoms with Crippen LogP contribution >= 0.6 is 0 Å². The lowest BCUT2D eigenvalue weighted by Crippen LogP contribution is -2.36. The highest BCUT2D eigenvalue weighted by Gasteiger charge is 2.30. The fraction of sp³-hybridized carbons (Fsp3) is 0.357. The summed E-state index contributed by atoms with van der Waals surface area (Å²) in [6, 6.07) is 7.75. The first-order valence-electron chi connectivity index (χ1n) is 6.51. The monoisotopic (exact) mass is 272 g/mol. The van der Waals surface area contributed by atoms with E-state index in [0.29, 0.717) is 13.1 Å². The molecule has 20 heavy (non-hydrogen) atoms. The number of nitrogens with zero attached hydrogens (tertiary/aromatic N) is 4. The Kier molecular flexibility index (Phi) is 3.23. The van der Waals surface area contributed by atoms with Gasteiger partial charge in [-0.2, -0.15) is 0 Å². The molecule has 0 radical (unpaired) electrons. The van der Waals surface area contributed by atoms with Crippen molar-refractivity contribution in [2.45, 2.75) is 19.0 Å². The van der Waals surface area contributed by atoms with Crippen LogP contribution in [-0.4, -0.2) is 37.3 Å². The van der Waals surface area contributed by atoms with E-state index >= 15 is 0 Å². The van der Waals surface area contributed by atoms with Gasteiger partial charge in [0.25, 0.3) is 0 Å². The second-order valence-electron chi connectivity index (χ2n) is 5.12. The molecule has 1 aromatic heterocycles. The SMILES string of the molecule is Cn1cnnc1CN1Cc2ccccc2C(C(=O)O)C1. The number of aromatic nitrogens is 3. The van der Waals surface area contributed by atoms with Crippen LogP contribution < -0.4 is 0 Å². The topological polar surface area (TPSA) is 71.2 Å². The zero-order valence-corrected chi connectivity index (χ0v) is 11.2. The largest absolute Gasteiger partial charge is 0.481 e. The number of rotatable bonds is 3. The van der Waals surface area contributed by atoms with Crippen LogP contribution in [0.2, 0.25) is 0 Å². The second kappa shape index (κ2) is 5.05. The minimum Gasteiger partial charge on any atom is -0.481 e. The molecule has 104 valence electrons. The molecule has 0 saturated carbocycles. The molecule has 2 aromatic rings. The average Bonchev–Trinajstić information content (AvgIpc) is 2.83. The number of hydrogen-bond acceptors (Lipinski definition) is 4. The standard InChI is InChI=1S/C14H16N4O2/c1-17-9-15-16-13(17)8-18-6-10-4-2-3-5-11(10)12(7-18)14(19)20/h2-5,9,12H,6-8H2,1H3,(H,19,20). The molecule has 1 aliphatic heterocycles. The van der Waals surface area contributed by atoms with Gasteiger partial charge in [0.1, 0.15) is 12.2 Å². The van der Waals surface area contributed by atoms with Gasteiger partial charge in [-0.25, -0.2) is 0 Å². The van der Waals surface area contributed by atoms with Gasteiger partial charge in [0, 0.05) is 20.1 Å². The van der Waals surface area contributed by atoms with Gasteiger partial charge in [0.2, 0.25) is 0 Å². The maximum absolute atomic E-state index is 11.5. The Hall–Kier alpha value is -2.21. The quantitative estimate of drug-likeness (QED) is 0.902. The third-order valence-electron chi connectivity index (χ3n) is 3.73. The van der Waals surface area contributed by atoms with Crippen molar-refractivity contribution >= 4 is 5.97 Å². The minimum atomic E-state index is -0.778. The number of aryl methyl sites for hydroxylation is 1. The number of fused-ring (bicyclic) bond motifs is 1. The Bertz CT molecular complexity index is 638. The molecule has 0 fully saturated rings. The predicted molar refractivity (Wildman–Crippen MR) is 71.9 cm³/mol. The van der Waals surface area contributed by atoms with Gasteiger partial charge in [-0.3, -0.25) is 9.69 Å². The average molecular weight is 272 g/mol. The van der Waals surface area contributed by atoms with Gasteiger partial charge in [-0.15, -0.1) is 10.2 Å². The normalized spacial score (nSPS) is 18.8. The second-order valence-corrected chi connectivity index (χ2v) is 5.12. The summed E-state index contributed by atoms with van der Waals surface area (Å²) in [7, 11) is 1.89. The fourth-order valence-corrected chi connectivity index (χ4v) is 2.66. The van der Waals surface area contributed by atoms with Crippen LogP contribution in [0.25, 0.3) is 0 Å². The fourth-order valence-electron chi connectivity index (χ4n) is 2.66. The van der Waals surface area contributed by atoms with E-state index in [1.54, 1.807) is 6.33 Å². The molecule has 1 N–H and O–H groups in total. The number of carboxylic acids is 1. The first-order valence-corrected chi connectivity index (χ1v) is 6.51. The number of benzene rings is 1. The van der Waals surface area contributed by atoms with Crippen molar-refractivity contribution in [1.82, 2.24) is 19.7 Å². The molecule has 1 atom stereocenters. The Morgan fingerprint density at radius 2 is 2.25 bits per heavy atom. The van der Waals surface area contributed by atoms with Crippen molar-refractivity contribution < 1.29 is 9.90 Å². The molecule has 1 aromatic carbocycles. The predicted octanol–water partition coefficient (Wildman–Crippen LogP) is 0.999. The van der Waals surface area contributed by atoms with E-state index in [0.717, 1.165) is 23.5 Å². The third-order valence-corrected chi connectivity index (χ3v) is 3.73. The number of carbonyl (C=O) groups is 1. The molecule has 0 bridgehead atoms. The van der Waals surface area contributed by atoms with Crippen molar-refractivity contribution in [3.05, 3.63) is 47.5 Å². The van der Waals surface area contributed by atoms with Crippen LogP contribution in [-0.2, 0) is 24.9 Å². The minimum absolute atomic E-state index is 0.479. The molecule has 2 heterocycles. The molecule has 6 nitrogen and oxygen atoms in total. The molecule has 0 aliphatic carbocycles. The lowest BCUT2D eigenvalue weighted by Gasteiger charge is -2.32. The highest BCUT2D eigenvalue weighted by atomic mass is 16.4. The van der Waals surface area contributed by atoms with E-state index in [-0.39, 0.29) is 0 Å². The Morgan fingerprint density at radius 3 is 2.95 bits per heavy atom. The zero-order valence-electron chi connectivity index (χ0n) is 11.2. The van der Waals surface area contributed by atoms with Gasteiger partial charge in [0.15, 0.2) is 0 Å². The summed E-state index contributed by atoms with van der Waals surface area (Å²) in [6.07, 6.45) is 1.65. The van der Waals surface area contributed by atoms with Gasteiger partial charge in [0.05, 0.1) is 12.5 Å². The van der Waals surface area contributed by atoms with Crippen molar-refractivity contribution in [2.24, 2.45) is 7.05 Å². The number of hydrogen-bond donors (Lipinski definition) is 1. The molecule has 3 rings (SSSR count). The molecular weight excluding hydrogens is 256 g/mol. The van der Waals surface area contributed by atoms with Crippen molar-refractivity contribution in [2.75, 3.05) is 6.54 Å². The smallest absolute Gasteiger partial charge is 0.312 e. The van der Waals surface area contributed by atoms with Crippen LogP contribution in [0.4, 0.5) is 0 Å². The van der Waals surface area contributed by atoms with Crippen molar-refractivity contribution in [3.63, 3.8) is 0 Å². The van der Waals surface area contributed by atoms with Crippen LogP contribution in [0.5, 0.6) is 0 Å². The zero-order chi connectivity index (χ0) is 14.1. The molecule has 1 aliphatic rings. The Labute approximate surface area is 116 Å². The van der Waals surface area contributed by atoms with Crippen LogP contribution in [0.15, 0.2) is 30.6 Å². The van der Waals surface area contributed by atoms with E-state index in [1.165, 1.54) is 0 Å². The molecule has 6 heteroatoms. The molecule has 0 amide bonds. The van der Waals surface area contributed by atoms with Gasteiger partial charge in [-0.1, -0.05) is 24.3 Å². The highest BCUT2D eigenvalue weighted by molar-refractivity contribution is 5.77. The van der Waals surface area contributed by atoms with Crippen LogP contribution in [0.1, 0.15) is 22.9 Å². The van der Waals surface area contributed by atoms with E-state index in [9.17, 15) is 9.90 Å². The van der Waals surface area contributed by atoms with Gasteiger partial charge in [-0.05, 0) is 11.1 Å². The van der Waals surface area contributed by atoms with Crippen molar-refractivity contribution in [1.29, 1.82) is 0 Å². The summed E-state index contributed by atoms with van der Waals surface area (Å²) in [5, 5.41) is 17.3. The number of aliphatic carboxylic acids is 1. The first kappa shape index (κ1) is 12.8. The lowest BCUT2D eigenvalue weighted by molar-refractivity contribution is -0.139. The van der Waals surface area contributed by atoms with Crippen LogP contribution in [0, 0.1) is 0 Å². The van der Waals surface area contributed by atoms with Gasteiger partial charge >= 0.3 is 5.97 Å². The first-order chi connectivity index (χ1) is 9.65. The van der Waals surface area contributed by atoms with E-state index < -0.39 is 11.9 Å². The summed E-state index contributed by atoms with van der Waals surface area (Å²) in [5.41, 5.74) is 2.00. The maximum atomic E-state index is 11.5. The molecule has 0 spiro atoms. The van der Waals surface area contributed by atoms with E-state index in [1.807, 2.05) is 35.9 Å². The maximum Gasteiger partial charge on any atom is 0.312 e. The number of carboxylic acid groups (broad SMARTS) is 1. The molecule has 0 saturated heterocycles. The summed E-state index contributed by atoms with van der Waals surface area (Å²) in [4.78, 5) is 13.6. The van der Waals surface area contributed by atoms with Crippen LogP contribution in [0.3, 0.4) is 0 Å². The van der Waals surface area contributed by atoms with Crippen molar-refractivity contribution in [3.8, 4) is 0 Å². The van der Waals surface area contributed by atoms with Gasteiger partial charge < -0.3 is 9.67 Å².